The van der Waals surface area contributed by atoms with Gasteiger partial charge < -0.3 is 9.67 Å². The number of carboxylic acids is 1. The molecule has 2 aromatic rings. The Labute approximate surface area is 117 Å². The van der Waals surface area contributed by atoms with E-state index in [4.69, 9.17) is 5.11 Å². The number of aryl methyl sites for hydroxylation is 1. The third kappa shape index (κ3) is 1.60. The zero-order valence-electron chi connectivity index (χ0n) is 11.5. The number of hydrogen-bond donors (Lipinski definition) is 1. The minimum Gasteiger partial charge on any atom is -0.478 e. The number of aromatic nitrogens is 2. The van der Waals surface area contributed by atoms with Crippen LogP contribution in [-0.4, -0.2) is 20.6 Å². The zero-order valence-corrected chi connectivity index (χ0v) is 11.5. The Kier molecular flexibility index (Phi) is 2.43. The molecule has 2 bridgehead atoms. The van der Waals surface area contributed by atoms with E-state index in [0.717, 1.165) is 28.7 Å². The number of benzene rings is 1. The molecule has 1 aromatic carbocycles. The van der Waals surface area contributed by atoms with Crippen molar-refractivity contribution in [1.82, 2.24) is 9.55 Å². The van der Waals surface area contributed by atoms with Crippen molar-refractivity contribution in [2.24, 2.45) is 11.8 Å². The summed E-state index contributed by atoms with van der Waals surface area (Å²) in [6.45, 7) is 2.03. The van der Waals surface area contributed by atoms with E-state index in [9.17, 15) is 4.79 Å². The van der Waals surface area contributed by atoms with Gasteiger partial charge >= 0.3 is 5.97 Å². The molecule has 3 unspecified atom stereocenters. The first kappa shape index (κ1) is 11.9. The zero-order chi connectivity index (χ0) is 13.9. The van der Waals surface area contributed by atoms with Gasteiger partial charge in [0.2, 0.25) is 0 Å². The second kappa shape index (κ2) is 4.08. The van der Waals surface area contributed by atoms with Gasteiger partial charge in [-0.05, 0) is 56.2 Å². The van der Waals surface area contributed by atoms with Crippen molar-refractivity contribution in [3.8, 4) is 0 Å². The highest BCUT2D eigenvalue weighted by atomic mass is 16.4. The highest BCUT2D eigenvalue weighted by Gasteiger charge is 2.41. The molecule has 0 spiro atoms. The van der Waals surface area contributed by atoms with Crippen LogP contribution in [0.4, 0.5) is 0 Å². The highest BCUT2D eigenvalue weighted by molar-refractivity contribution is 5.92. The summed E-state index contributed by atoms with van der Waals surface area (Å²) in [6.07, 6.45) is 5.34. The lowest BCUT2D eigenvalue weighted by atomic mass is 9.95. The summed E-state index contributed by atoms with van der Waals surface area (Å²) in [4.78, 5) is 15.6. The topological polar surface area (TPSA) is 55.1 Å². The molecule has 3 atom stereocenters. The van der Waals surface area contributed by atoms with Gasteiger partial charge in [0, 0.05) is 6.04 Å². The average Bonchev–Trinajstić information content (AvgIpc) is 3.09. The lowest BCUT2D eigenvalue weighted by molar-refractivity contribution is 0.0697. The smallest absolute Gasteiger partial charge is 0.335 e. The maximum atomic E-state index is 11.1. The Morgan fingerprint density at radius 2 is 2.20 bits per heavy atom. The molecule has 1 heterocycles. The lowest BCUT2D eigenvalue weighted by Gasteiger charge is -2.25. The van der Waals surface area contributed by atoms with E-state index < -0.39 is 5.97 Å². The first-order valence-corrected chi connectivity index (χ1v) is 7.35. The number of imidazole rings is 1. The van der Waals surface area contributed by atoms with Gasteiger partial charge in [-0.3, -0.25) is 0 Å². The number of carbonyl (C=O) groups is 1. The average molecular weight is 270 g/mol. The summed E-state index contributed by atoms with van der Waals surface area (Å²) in [5, 5.41) is 9.08. The van der Waals surface area contributed by atoms with Crippen LogP contribution in [0.15, 0.2) is 18.2 Å². The van der Waals surface area contributed by atoms with Crippen LogP contribution in [0.3, 0.4) is 0 Å². The van der Waals surface area contributed by atoms with Gasteiger partial charge in [0.15, 0.2) is 0 Å². The highest BCUT2D eigenvalue weighted by Crippen LogP contribution is 2.51. The van der Waals surface area contributed by atoms with Gasteiger partial charge in [0.1, 0.15) is 5.82 Å². The van der Waals surface area contributed by atoms with E-state index in [0.29, 0.717) is 11.6 Å². The van der Waals surface area contributed by atoms with Gasteiger partial charge in [-0.25, -0.2) is 9.78 Å². The maximum absolute atomic E-state index is 11.1. The van der Waals surface area contributed by atoms with Crippen LogP contribution in [0, 0.1) is 18.8 Å². The minimum absolute atomic E-state index is 0.315. The van der Waals surface area contributed by atoms with Crippen molar-refractivity contribution < 1.29 is 9.90 Å². The molecule has 2 saturated carbocycles. The Morgan fingerprint density at radius 1 is 1.35 bits per heavy atom. The largest absolute Gasteiger partial charge is 0.478 e. The molecule has 0 saturated heterocycles. The van der Waals surface area contributed by atoms with Crippen LogP contribution in [-0.2, 0) is 0 Å². The molecule has 2 aliphatic rings. The second-order valence-electron chi connectivity index (χ2n) is 6.28. The van der Waals surface area contributed by atoms with E-state index in [1.807, 2.05) is 13.0 Å². The first-order chi connectivity index (χ1) is 9.63. The summed E-state index contributed by atoms with van der Waals surface area (Å²) < 4.78 is 2.35. The Balaban J connectivity index is 1.83. The van der Waals surface area contributed by atoms with E-state index >= 15 is 0 Å². The fourth-order valence-electron chi connectivity index (χ4n) is 4.30. The summed E-state index contributed by atoms with van der Waals surface area (Å²) >= 11 is 0. The van der Waals surface area contributed by atoms with Crippen LogP contribution in [0.1, 0.15) is 47.9 Å². The van der Waals surface area contributed by atoms with Crippen molar-refractivity contribution in [1.29, 1.82) is 0 Å². The third-order valence-electron chi connectivity index (χ3n) is 5.15. The molecular formula is C16H18N2O2. The Hall–Kier alpha value is -1.84. The molecule has 0 aliphatic heterocycles. The molecule has 4 nitrogen and oxygen atoms in total. The molecular weight excluding hydrogens is 252 g/mol. The van der Waals surface area contributed by atoms with Gasteiger partial charge in [-0.15, -0.1) is 0 Å². The number of aromatic carboxylic acids is 1. The summed E-state index contributed by atoms with van der Waals surface area (Å²) in [5.41, 5.74) is 2.21. The Bertz CT molecular complexity index is 704. The second-order valence-corrected chi connectivity index (χ2v) is 6.28. The van der Waals surface area contributed by atoms with Crippen molar-refractivity contribution in [2.75, 3.05) is 0 Å². The van der Waals surface area contributed by atoms with Crippen molar-refractivity contribution in [3.63, 3.8) is 0 Å². The van der Waals surface area contributed by atoms with Crippen LogP contribution in [0.5, 0.6) is 0 Å². The van der Waals surface area contributed by atoms with E-state index in [-0.39, 0.29) is 0 Å². The number of rotatable bonds is 2. The monoisotopic (exact) mass is 270 g/mol. The van der Waals surface area contributed by atoms with Crippen molar-refractivity contribution in [2.45, 2.75) is 38.6 Å². The van der Waals surface area contributed by atoms with E-state index in [1.165, 1.54) is 25.7 Å². The van der Waals surface area contributed by atoms with Crippen molar-refractivity contribution >= 4 is 17.0 Å². The molecule has 4 rings (SSSR count). The quantitative estimate of drug-likeness (QED) is 0.909. The number of hydrogen-bond acceptors (Lipinski definition) is 2. The van der Waals surface area contributed by atoms with Crippen LogP contribution in [0.25, 0.3) is 11.0 Å². The Morgan fingerprint density at radius 3 is 2.85 bits per heavy atom. The van der Waals surface area contributed by atoms with Crippen LogP contribution in [0.2, 0.25) is 0 Å². The van der Waals surface area contributed by atoms with E-state index in [2.05, 4.69) is 9.55 Å². The fraction of sp³-hybridized carbons (Fsp3) is 0.500. The van der Waals surface area contributed by atoms with Crippen molar-refractivity contribution in [3.05, 3.63) is 29.6 Å². The third-order valence-corrected chi connectivity index (χ3v) is 5.15. The summed E-state index contributed by atoms with van der Waals surface area (Å²) in [5.74, 6) is 1.80. The number of nitrogens with zero attached hydrogens (tertiary/aromatic N) is 2. The predicted octanol–water partition coefficient (Wildman–Crippen LogP) is 3.40. The molecule has 4 heteroatoms. The molecule has 1 N–H and O–H groups in total. The van der Waals surface area contributed by atoms with Gasteiger partial charge in [0.25, 0.3) is 0 Å². The summed E-state index contributed by atoms with van der Waals surface area (Å²) in [7, 11) is 0. The number of carboxylic acid groups (broad SMARTS) is 1. The van der Waals surface area contributed by atoms with Crippen LogP contribution < -0.4 is 0 Å². The molecule has 104 valence electrons. The fourth-order valence-corrected chi connectivity index (χ4v) is 4.30. The molecule has 2 fully saturated rings. The SMILES string of the molecule is Cc1nc2cc(C(=O)O)ccc2n1C1CC2CCC1C2. The first-order valence-electron chi connectivity index (χ1n) is 7.35. The number of fused-ring (bicyclic) bond motifs is 3. The van der Waals surface area contributed by atoms with Gasteiger partial charge in [0.05, 0.1) is 16.6 Å². The molecule has 20 heavy (non-hydrogen) atoms. The summed E-state index contributed by atoms with van der Waals surface area (Å²) in [6, 6.07) is 5.86. The molecule has 2 aliphatic carbocycles. The molecule has 1 aromatic heterocycles. The maximum Gasteiger partial charge on any atom is 0.335 e. The van der Waals surface area contributed by atoms with Crippen LogP contribution >= 0.6 is 0 Å². The predicted molar refractivity (Wildman–Crippen MR) is 75.9 cm³/mol. The normalized spacial score (nSPS) is 28.4. The standard InChI is InChI=1S/C16H18N2O2/c1-9-17-13-8-12(16(19)20)4-5-14(13)18(9)15-7-10-2-3-11(15)6-10/h4-5,8,10-11,15H,2-3,6-7H2,1H3,(H,19,20). The van der Waals surface area contributed by atoms with Gasteiger partial charge in [-0.2, -0.15) is 0 Å². The minimum atomic E-state index is -0.890. The van der Waals surface area contributed by atoms with E-state index in [1.54, 1.807) is 12.1 Å². The molecule has 0 amide bonds. The molecule has 0 radical (unpaired) electrons. The lowest BCUT2D eigenvalue weighted by Crippen LogP contribution is -2.17. The van der Waals surface area contributed by atoms with Gasteiger partial charge in [-0.1, -0.05) is 6.42 Å².